The molecule has 3 amide bonds. The molecule has 1 aromatic heterocycles. The van der Waals surface area contributed by atoms with E-state index in [1.54, 1.807) is 48.7 Å². The van der Waals surface area contributed by atoms with Gasteiger partial charge in [0.15, 0.2) is 17.6 Å². The molecule has 3 atom stereocenters. The van der Waals surface area contributed by atoms with Crippen LogP contribution in [-0.4, -0.2) is 57.6 Å². The maximum Gasteiger partial charge on any atom is 0.326 e. The lowest BCUT2D eigenvalue weighted by molar-refractivity contribution is -0.142. The average Bonchev–Trinajstić information content (AvgIpc) is 3.21. The summed E-state index contributed by atoms with van der Waals surface area (Å²) >= 11 is 12.2. The number of carbonyl (C=O) groups is 3. The first-order valence-corrected chi connectivity index (χ1v) is 20.0. The highest BCUT2D eigenvalue weighted by atomic mass is 35.5. The number of benzene rings is 4. The fourth-order valence-corrected chi connectivity index (χ4v) is 7.24. The van der Waals surface area contributed by atoms with Gasteiger partial charge in [-0.25, -0.2) is 9.59 Å². The summed E-state index contributed by atoms with van der Waals surface area (Å²) in [4.78, 5) is 45.8. The van der Waals surface area contributed by atoms with Crippen molar-refractivity contribution in [2.45, 2.75) is 77.9 Å². The van der Waals surface area contributed by atoms with Crippen LogP contribution in [0.15, 0.2) is 91.1 Å². The van der Waals surface area contributed by atoms with Gasteiger partial charge >= 0.3 is 12.0 Å². The first-order valence-electron chi connectivity index (χ1n) is 19.2. The van der Waals surface area contributed by atoms with Crippen molar-refractivity contribution in [1.82, 2.24) is 20.5 Å². The van der Waals surface area contributed by atoms with Crippen LogP contribution in [0, 0.1) is 13.8 Å². The van der Waals surface area contributed by atoms with Gasteiger partial charge in [0.2, 0.25) is 5.91 Å². The lowest BCUT2D eigenvalue weighted by Gasteiger charge is -2.38. The predicted octanol–water partition coefficient (Wildman–Crippen LogP) is 8.55. The molecule has 306 valence electrons. The van der Waals surface area contributed by atoms with Crippen molar-refractivity contribution < 1.29 is 38.4 Å². The molecule has 0 bridgehead atoms. The molecule has 0 aliphatic carbocycles. The van der Waals surface area contributed by atoms with Crippen LogP contribution in [0.25, 0.3) is 0 Å². The molecule has 0 spiro atoms. The van der Waals surface area contributed by atoms with E-state index >= 15 is 0 Å². The zero-order valence-corrected chi connectivity index (χ0v) is 34.5. The highest BCUT2D eigenvalue weighted by molar-refractivity contribution is 6.42. The smallest absolute Gasteiger partial charge is 0.326 e. The fraction of sp³-hybridized carbons (Fsp3) is 0.289. The molecule has 4 aromatic carbocycles. The van der Waals surface area contributed by atoms with Crippen molar-refractivity contribution >= 4 is 41.1 Å². The quantitative estimate of drug-likeness (QED) is 0.112. The third-order valence-corrected chi connectivity index (χ3v) is 11.0. The van der Waals surface area contributed by atoms with Gasteiger partial charge in [-0.05, 0) is 110 Å². The summed E-state index contributed by atoms with van der Waals surface area (Å²) in [5.74, 6) is 1.18. The average molecular weight is 840 g/mol. The summed E-state index contributed by atoms with van der Waals surface area (Å²) in [5.41, 5.74) is 5.82. The van der Waals surface area contributed by atoms with Crippen LogP contribution in [0.4, 0.5) is 4.79 Å². The molecule has 2 aliphatic rings. The van der Waals surface area contributed by atoms with Gasteiger partial charge in [-0.2, -0.15) is 0 Å². The summed E-state index contributed by atoms with van der Waals surface area (Å²) in [6.45, 7) is 8.16. The highest BCUT2D eigenvalue weighted by Crippen LogP contribution is 2.41. The van der Waals surface area contributed by atoms with E-state index in [1.807, 2.05) is 70.2 Å². The molecule has 3 heterocycles. The topological polar surface area (TPSA) is 149 Å². The van der Waals surface area contributed by atoms with Crippen molar-refractivity contribution in [2.75, 3.05) is 6.61 Å². The van der Waals surface area contributed by atoms with E-state index in [-0.39, 0.29) is 32.0 Å². The number of carboxylic acid groups (broad SMARTS) is 1. The number of ether oxygens (including phenoxy) is 4. The van der Waals surface area contributed by atoms with E-state index in [0.29, 0.717) is 51.0 Å². The van der Waals surface area contributed by atoms with Crippen LogP contribution in [-0.2, 0) is 35.6 Å². The number of nitrogens with one attached hydrogen (secondary N) is 2. The fourth-order valence-electron chi connectivity index (χ4n) is 6.92. The Kier molecular flexibility index (Phi) is 12.5. The molecule has 59 heavy (non-hydrogen) atoms. The molecule has 0 saturated heterocycles. The Morgan fingerprint density at radius 1 is 0.881 bits per heavy atom. The number of hydrogen-bond acceptors (Lipinski definition) is 8. The van der Waals surface area contributed by atoms with Gasteiger partial charge in [0, 0.05) is 42.9 Å². The number of urea groups is 1. The van der Waals surface area contributed by atoms with Crippen molar-refractivity contribution in [2.24, 2.45) is 0 Å². The summed E-state index contributed by atoms with van der Waals surface area (Å²) in [6, 6.07) is 22.5. The SMILES string of the molecule is Cc1nccc(Oc2ccc(C[C@H](NC(=O)[C@@H]3Cc4cc5c(cc4CN3C(=O)NC(C)C)O[C@@H](c3ccc(OCc4ccc(Cl)c(Cl)c4)cc3)CO5)C(=O)O)cc2)c1C. The van der Waals surface area contributed by atoms with Crippen LogP contribution in [0.5, 0.6) is 28.7 Å². The number of hydrogen-bond donors (Lipinski definition) is 3. The minimum Gasteiger partial charge on any atom is -0.489 e. The second-order valence-corrected chi connectivity index (χ2v) is 15.7. The Bertz CT molecular complexity index is 2360. The number of amides is 3. The third-order valence-electron chi connectivity index (χ3n) is 10.3. The molecule has 12 nitrogen and oxygen atoms in total. The van der Waals surface area contributed by atoms with Crippen molar-refractivity contribution in [3.63, 3.8) is 0 Å². The van der Waals surface area contributed by atoms with Crippen LogP contribution in [0.1, 0.15) is 59.0 Å². The maximum absolute atomic E-state index is 14.0. The second kappa shape index (κ2) is 17.9. The van der Waals surface area contributed by atoms with Gasteiger partial charge in [-0.3, -0.25) is 9.78 Å². The van der Waals surface area contributed by atoms with Crippen LogP contribution >= 0.6 is 23.2 Å². The Morgan fingerprint density at radius 3 is 2.31 bits per heavy atom. The molecule has 5 aromatic rings. The second-order valence-electron chi connectivity index (χ2n) is 14.9. The van der Waals surface area contributed by atoms with Gasteiger partial charge in [-0.15, -0.1) is 0 Å². The minimum absolute atomic E-state index is 0.0184. The summed E-state index contributed by atoms with van der Waals surface area (Å²) in [5, 5.41) is 16.7. The lowest BCUT2D eigenvalue weighted by atomic mass is 9.92. The molecule has 3 N–H and O–H groups in total. The first-order chi connectivity index (χ1) is 28.3. The first kappa shape index (κ1) is 41.2. The van der Waals surface area contributed by atoms with E-state index in [4.69, 9.17) is 42.1 Å². The Morgan fingerprint density at radius 2 is 1.59 bits per heavy atom. The number of carbonyl (C=O) groups excluding carboxylic acids is 2. The number of carboxylic acids is 1. The largest absolute Gasteiger partial charge is 0.489 e. The summed E-state index contributed by atoms with van der Waals surface area (Å²) in [6.07, 6.45) is 1.43. The summed E-state index contributed by atoms with van der Waals surface area (Å²) < 4.78 is 24.6. The van der Waals surface area contributed by atoms with E-state index in [0.717, 1.165) is 33.5 Å². The third kappa shape index (κ3) is 9.84. The number of fused-ring (bicyclic) bond motifs is 2. The number of halogens is 2. The monoisotopic (exact) mass is 838 g/mol. The molecule has 0 fully saturated rings. The van der Waals surface area contributed by atoms with Crippen LogP contribution in [0.3, 0.4) is 0 Å². The van der Waals surface area contributed by atoms with E-state index in [9.17, 15) is 19.5 Å². The highest BCUT2D eigenvalue weighted by Gasteiger charge is 2.38. The van der Waals surface area contributed by atoms with Crippen molar-refractivity contribution in [3.05, 3.63) is 140 Å². The van der Waals surface area contributed by atoms with Gasteiger partial charge < -0.3 is 39.6 Å². The Labute approximate surface area is 352 Å². The standard InChI is InChI=1S/C45H44Cl2N4O8/c1-25(2)49-45(55)51-22-32-21-41-40(57-24-42(59-41)30-8-12-33(13-9-30)56-23-29-7-14-35(46)36(47)17-29)20-31(32)19-38(51)43(52)50-37(44(53)54)18-28-5-10-34(11-6-28)58-39-15-16-48-27(4)26(39)3/h5-17,20-21,25,37-38,42H,18-19,22-24H2,1-4H3,(H,49,55)(H,50,52)(H,53,54)/t37-,38-,42+/m0/s1. The van der Waals surface area contributed by atoms with Gasteiger partial charge in [0.05, 0.1) is 10.0 Å². The molecule has 7 rings (SSSR count). The van der Waals surface area contributed by atoms with Gasteiger partial charge in [0.1, 0.15) is 42.5 Å². The van der Waals surface area contributed by atoms with E-state index < -0.39 is 36.1 Å². The number of aliphatic carboxylic acids is 1. The van der Waals surface area contributed by atoms with Crippen molar-refractivity contribution in [3.8, 4) is 28.7 Å². The zero-order chi connectivity index (χ0) is 41.8. The molecular weight excluding hydrogens is 795 g/mol. The molecule has 0 radical (unpaired) electrons. The van der Waals surface area contributed by atoms with Gasteiger partial charge in [0.25, 0.3) is 0 Å². The van der Waals surface area contributed by atoms with Crippen LogP contribution < -0.4 is 29.6 Å². The molecule has 0 unspecified atom stereocenters. The number of pyridine rings is 1. The molecule has 14 heteroatoms. The summed E-state index contributed by atoms with van der Waals surface area (Å²) in [7, 11) is 0. The molecule has 2 aliphatic heterocycles. The van der Waals surface area contributed by atoms with Crippen molar-refractivity contribution in [1.29, 1.82) is 0 Å². The number of nitrogens with zero attached hydrogens (tertiary/aromatic N) is 2. The minimum atomic E-state index is -1.25. The Balaban J connectivity index is 1.02. The molecular formula is C45H44Cl2N4O8. The number of rotatable bonds is 12. The predicted molar refractivity (Wildman–Crippen MR) is 223 cm³/mol. The van der Waals surface area contributed by atoms with E-state index in [2.05, 4.69) is 15.6 Å². The lowest BCUT2D eigenvalue weighted by Crippen LogP contribution is -2.58. The van der Waals surface area contributed by atoms with Gasteiger partial charge in [-0.1, -0.05) is 53.5 Å². The zero-order valence-electron chi connectivity index (χ0n) is 33.0. The van der Waals surface area contributed by atoms with Crippen LogP contribution in [0.2, 0.25) is 10.0 Å². The Hall–Kier alpha value is -5.98. The normalized spacial score (nSPS) is 16.2. The number of aromatic nitrogens is 1. The molecule has 0 saturated carbocycles. The number of aryl methyl sites for hydroxylation is 1. The van der Waals surface area contributed by atoms with E-state index in [1.165, 1.54) is 4.90 Å². The maximum atomic E-state index is 14.0.